The van der Waals surface area contributed by atoms with Crippen molar-refractivity contribution in [1.82, 2.24) is 5.32 Å². The summed E-state index contributed by atoms with van der Waals surface area (Å²) in [4.78, 5) is 34.9. The summed E-state index contributed by atoms with van der Waals surface area (Å²) in [5.41, 5.74) is 0.198. The summed E-state index contributed by atoms with van der Waals surface area (Å²) in [5, 5.41) is 4.97. The monoisotopic (exact) mass is 362 g/mol. The summed E-state index contributed by atoms with van der Waals surface area (Å²) in [6, 6.07) is 8.38. The molecule has 2 N–H and O–H groups in total. The fourth-order valence-corrected chi connectivity index (χ4v) is 2.06. The molecule has 0 unspecified atom stereocenters. The van der Waals surface area contributed by atoms with Crippen LogP contribution in [-0.4, -0.2) is 31.4 Å². The van der Waals surface area contributed by atoms with Crippen molar-refractivity contribution < 1.29 is 27.9 Å². The highest BCUT2D eigenvalue weighted by molar-refractivity contribution is 6.04. The number of halogens is 2. The molecular weight excluding hydrogens is 346 g/mol. The average Bonchev–Trinajstić information content (AvgIpc) is 2.63. The largest absolute Gasteiger partial charge is 0.469 e. The van der Waals surface area contributed by atoms with Crippen molar-refractivity contribution in [2.75, 3.05) is 19.0 Å². The van der Waals surface area contributed by atoms with Crippen LogP contribution in [0.1, 0.15) is 27.1 Å². The van der Waals surface area contributed by atoms with E-state index in [4.69, 9.17) is 0 Å². The number of carbonyl (C=O) groups is 3. The quantitative estimate of drug-likeness (QED) is 0.774. The van der Waals surface area contributed by atoms with Crippen molar-refractivity contribution in [3.8, 4) is 0 Å². The van der Waals surface area contributed by atoms with Gasteiger partial charge in [0.25, 0.3) is 11.8 Å². The Labute approximate surface area is 148 Å². The van der Waals surface area contributed by atoms with E-state index in [0.29, 0.717) is 11.3 Å². The molecule has 0 spiro atoms. The summed E-state index contributed by atoms with van der Waals surface area (Å²) < 4.78 is 31.2. The molecule has 26 heavy (non-hydrogen) atoms. The Morgan fingerprint density at radius 2 is 1.69 bits per heavy atom. The topological polar surface area (TPSA) is 84.5 Å². The van der Waals surface area contributed by atoms with E-state index in [2.05, 4.69) is 15.4 Å². The number of methoxy groups -OCH3 is 1. The summed E-state index contributed by atoms with van der Waals surface area (Å²) in [6.07, 6.45) is 0.0512. The van der Waals surface area contributed by atoms with Gasteiger partial charge in [0.15, 0.2) is 0 Å². The Bertz CT molecular complexity index is 822. The number of esters is 1. The van der Waals surface area contributed by atoms with Gasteiger partial charge in [-0.1, -0.05) is 0 Å². The Morgan fingerprint density at radius 1 is 1.00 bits per heavy atom. The Morgan fingerprint density at radius 3 is 2.35 bits per heavy atom. The molecule has 2 amide bonds. The normalized spacial score (nSPS) is 10.1. The Hall–Kier alpha value is -3.29. The first-order valence-corrected chi connectivity index (χ1v) is 7.62. The smallest absolute Gasteiger partial charge is 0.307 e. The van der Waals surface area contributed by atoms with Gasteiger partial charge in [0.05, 0.1) is 19.1 Å². The number of anilines is 1. The van der Waals surface area contributed by atoms with Gasteiger partial charge >= 0.3 is 5.97 Å². The minimum atomic E-state index is -0.842. The number of hydrogen-bond acceptors (Lipinski definition) is 4. The molecule has 0 aliphatic rings. The number of rotatable bonds is 6. The van der Waals surface area contributed by atoms with Crippen LogP contribution in [0.25, 0.3) is 0 Å². The summed E-state index contributed by atoms with van der Waals surface area (Å²) in [6.45, 7) is 0.128. The molecule has 0 aliphatic carbocycles. The fourth-order valence-electron chi connectivity index (χ4n) is 2.06. The maximum atomic E-state index is 13.6. The molecule has 6 nitrogen and oxygen atoms in total. The van der Waals surface area contributed by atoms with E-state index >= 15 is 0 Å². The molecule has 136 valence electrons. The SMILES string of the molecule is COC(=O)CCNC(=O)c1ccc(NC(=O)c2cc(F)ccc2F)cc1. The molecule has 0 radical (unpaired) electrons. The average molecular weight is 362 g/mol. The maximum Gasteiger partial charge on any atom is 0.307 e. The van der Waals surface area contributed by atoms with Gasteiger partial charge in [0.2, 0.25) is 0 Å². The highest BCUT2D eigenvalue weighted by Crippen LogP contribution is 2.14. The van der Waals surface area contributed by atoms with E-state index in [1.165, 1.54) is 31.4 Å². The first kappa shape index (κ1) is 19.0. The first-order valence-electron chi connectivity index (χ1n) is 7.62. The zero-order valence-corrected chi connectivity index (χ0v) is 13.8. The molecule has 0 heterocycles. The Balaban J connectivity index is 1.96. The number of ether oxygens (including phenoxy) is 1. The lowest BCUT2D eigenvalue weighted by Crippen LogP contribution is -2.26. The van der Waals surface area contributed by atoms with Crippen LogP contribution in [0.3, 0.4) is 0 Å². The summed E-state index contributed by atoms with van der Waals surface area (Å²) in [5.74, 6) is -3.21. The second-order valence-corrected chi connectivity index (χ2v) is 5.24. The highest BCUT2D eigenvalue weighted by atomic mass is 19.1. The van der Waals surface area contributed by atoms with Gasteiger partial charge < -0.3 is 15.4 Å². The standard InChI is InChI=1S/C18H16F2N2O4/c1-26-16(23)8-9-21-17(24)11-2-5-13(6-3-11)22-18(25)14-10-12(19)4-7-15(14)20/h2-7,10H,8-9H2,1H3,(H,21,24)(H,22,25). The number of amides is 2. The molecule has 2 rings (SSSR count). The van der Waals surface area contributed by atoms with E-state index in [9.17, 15) is 23.2 Å². The molecule has 0 bridgehead atoms. The van der Waals surface area contributed by atoms with Crippen molar-refractivity contribution in [2.45, 2.75) is 6.42 Å². The van der Waals surface area contributed by atoms with Gasteiger partial charge in [-0.05, 0) is 42.5 Å². The van der Waals surface area contributed by atoms with Crippen LogP contribution in [0.4, 0.5) is 14.5 Å². The lowest BCUT2D eigenvalue weighted by atomic mass is 10.1. The van der Waals surface area contributed by atoms with Crippen LogP contribution >= 0.6 is 0 Å². The number of carbonyl (C=O) groups excluding carboxylic acids is 3. The molecule has 0 saturated heterocycles. The van der Waals surface area contributed by atoms with Crippen LogP contribution in [0.2, 0.25) is 0 Å². The zero-order chi connectivity index (χ0) is 19.1. The Kier molecular flexibility index (Phi) is 6.37. The summed E-state index contributed by atoms with van der Waals surface area (Å²) in [7, 11) is 1.26. The van der Waals surface area contributed by atoms with Crippen molar-refractivity contribution >= 4 is 23.5 Å². The third-order valence-corrected chi connectivity index (χ3v) is 3.42. The second-order valence-electron chi connectivity index (χ2n) is 5.24. The van der Waals surface area contributed by atoms with Crippen molar-refractivity contribution in [3.05, 3.63) is 65.2 Å². The fraction of sp³-hybridized carbons (Fsp3) is 0.167. The molecule has 2 aromatic rings. The third kappa shape index (κ3) is 5.10. The lowest BCUT2D eigenvalue weighted by molar-refractivity contribution is -0.140. The number of nitrogens with one attached hydrogen (secondary N) is 2. The van der Waals surface area contributed by atoms with Crippen LogP contribution in [0, 0.1) is 11.6 Å². The number of benzene rings is 2. The molecular formula is C18H16F2N2O4. The minimum absolute atomic E-state index is 0.0512. The van der Waals surface area contributed by atoms with Crippen LogP contribution < -0.4 is 10.6 Å². The van der Waals surface area contributed by atoms with Crippen LogP contribution in [0.5, 0.6) is 0 Å². The van der Waals surface area contributed by atoms with Crippen molar-refractivity contribution in [3.63, 3.8) is 0 Å². The molecule has 2 aromatic carbocycles. The van der Waals surface area contributed by atoms with Crippen molar-refractivity contribution in [2.24, 2.45) is 0 Å². The van der Waals surface area contributed by atoms with Crippen LogP contribution in [0.15, 0.2) is 42.5 Å². The predicted octanol–water partition coefficient (Wildman–Crippen LogP) is 2.51. The van der Waals surface area contributed by atoms with E-state index in [1.807, 2.05) is 0 Å². The summed E-state index contributed by atoms with van der Waals surface area (Å²) >= 11 is 0. The minimum Gasteiger partial charge on any atom is -0.469 e. The van der Waals surface area contributed by atoms with E-state index in [1.54, 1.807) is 0 Å². The number of hydrogen-bond donors (Lipinski definition) is 2. The van der Waals surface area contributed by atoms with Gasteiger partial charge in [-0.25, -0.2) is 8.78 Å². The molecule has 0 aliphatic heterocycles. The molecule has 0 saturated carbocycles. The molecule has 0 aromatic heterocycles. The van der Waals surface area contributed by atoms with E-state index < -0.39 is 35.0 Å². The second kappa shape index (κ2) is 8.70. The van der Waals surface area contributed by atoms with Crippen LogP contribution in [-0.2, 0) is 9.53 Å². The molecule has 8 heteroatoms. The third-order valence-electron chi connectivity index (χ3n) is 3.42. The molecule has 0 fully saturated rings. The first-order chi connectivity index (χ1) is 12.4. The maximum absolute atomic E-state index is 13.6. The van der Waals surface area contributed by atoms with Gasteiger partial charge in [-0.2, -0.15) is 0 Å². The highest BCUT2D eigenvalue weighted by Gasteiger charge is 2.13. The predicted molar refractivity (Wildman–Crippen MR) is 89.7 cm³/mol. The van der Waals surface area contributed by atoms with Gasteiger partial charge in [0.1, 0.15) is 11.6 Å². The van der Waals surface area contributed by atoms with E-state index in [-0.39, 0.29) is 13.0 Å². The van der Waals surface area contributed by atoms with E-state index in [0.717, 1.165) is 18.2 Å². The molecule has 0 atom stereocenters. The van der Waals surface area contributed by atoms with Gasteiger partial charge in [-0.3, -0.25) is 14.4 Å². The lowest BCUT2D eigenvalue weighted by Gasteiger charge is -2.08. The van der Waals surface area contributed by atoms with Crippen molar-refractivity contribution in [1.29, 1.82) is 0 Å². The zero-order valence-electron chi connectivity index (χ0n) is 13.8. The van der Waals surface area contributed by atoms with Gasteiger partial charge in [-0.15, -0.1) is 0 Å². The van der Waals surface area contributed by atoms with Gasteiger partial charge in [0, 0.05) is 17.8 Å².